The highest BCUT2D eigenvalue weighted by molar-refractivity contribution is 9.10. The van der Waals surface area contributed by atoms with Gasteiger partial charge in [0.15, 0.2) is 0 Å². The van der Waals surface area contributed by atoms with Crippen molar-refractivity contribution < 1.29 is 0 Å². The highest BCUT2D eigenvalue weighted by Gasteiger charge is 2.09. The van der Waals surface area contributed by atoms with Crippen molar-refractivity contribution in [3.63, 3.8) is 0 Å². The van der Waals surface area contributed by atoms with Gasteiger partial charge in [0.05, 0.1) is 0 Å². The fourth-order valence-corrected chi connectivity index (χ4v) is 2.90. The Morgan fingerprint density at radius 2 is 2.06 bits per heavy atom. The number of likely N-dealkylation sites (tertiary alicyclic amines) is 1. The minimum Gasteiger partial charge on any atom is -0.313 e. The third kappa shape index (κ3) is 4.38. The first-order valence-electron chi connectivity index (χ1n) is 6.94. The summed E-state index contributed by atoms with van der Waals surface area (Å²) in [5, 5.41) is 3.55. The molecule has 1 saturated heterocycles. The van der Waals surface area contributed by atoms with Crippen LogP contribution in [0.15, 0.2) is 22.7 Å². The smallest absolute Gasteiger partial charge is 0.0208 e. The zero-order chi connectivity index (χ0) is 12.8. The number of aryl methyl sites for hydroxylation is 1. The van der Waals surface area contributed by atoms with Crippen molar-refractivity contribution in [3.05, 3.63) is 33.8 Å². The molecule has 0 amide bonds. The molecule has 0 atom stereocenters. The van der Waals surface area contributed by atoms with Gasteiger partial charge in [-0.1, -0.05) is 22.0 Å². The number of rotatable bonds is 6. The van der Waals surface area contributed by atoms with Crippen LogP contribution in [0.3, 0.4) is 0 Å². The number of nitrogens with zero attached hydrogens (tertiary/aromatic N) is 1. The van der Waals surface area contributed by atoms with Crippen LogP contribution in [0.5, 0.6) is 0 Å². The Balaban J connectivity index is 1.64. The van der Waals surface area contributed by atoms with Gasteiger partial charge in [0, 0.05) is 11.0 Å². The molecule has 1 N–H and O–H groups in total. The maximum absolute atomic E-state index is 3.55. The molecule has 0 radical (unpaired) electrons. The number of hydrogen-bond donors (Lipinski definition) is 1. The Hall–Kier alpha value is -0.380. The Morgan fingerprint density at radius 1 is 1.28 bits per heavy atom. The topological polar surface area (TPSA) is 15.3 Å². The summed E-state index contributed by atoms with van der Waals surface area (Å²) < 4.78 is 1.17. The molecule has 0 aliphatic carbocycles. The standard InChI is InChI=1S/C15H23BrN2/c1-13-5-6-15(16)11-14(13)12-17-7-4-10-18-8-2-3-9-18/h5-6,11,17H,2-4,7-10,12H2,1H3. The molecule has 1 fully saturated rings. The number of halogens is 1. The van der Waals surface area contributed by atoms with Gasteiger partial charge in [-0.15, -0.1) is 0 Å². The molecule has 0 bridgehead atoms. The highest BCUT2D eigenvalue weighted by Crippen LogP contribution is 2.15. The fourth-order valence-electron chi connectivity index (χ4n) is 2.49. The number of nitrogens with one attached hydrogen (secondary N) is 1. The van der Waals surface area contributed by atoms with E-state index < -0.39 is 0 Å². The van der Waals surface area contributed by atoms with Crippen molar-refractivity contribution in [1.82, 2.24) is 10.2 Å². The molecule has 1 aliphatic heterocycles. The SMILES string of the molecule is Cc1ccc(Br)cc1CNCCCN1CCCC1. The minimum absolute atomic E-state index is 0.977. The predicted molar refractivity (Wildman–Crippen MR) is 80.9 cm³/mol. The molecule has 2 nitrogen and oxygen atoms in total. The van der Waals surface area contributed by atoms with Crippen molar-refractivity contribution in [2.75, 3.05) is 26.2 Å². The molecular formula is C15H23BrN2. The summed E-state index contributed by atoms with van der Waals surface area (Å²) in [5.74, 6) is 0. The summed E-state index contributed by atoms with van der Waals surface area (Å²) in [6.45, 7) is 8.14. The third-order valence-corrected chi connectivity index (χ3v) is 4.15. The Labute approximate surface area is 119 Å². The maximum Gasteiger partial charge on any atom is 0.0208 e. The predicted octanol–water partition coefficient (Wildman–Crippen LogP) is 3.33. The van der Waals surface area contributed by atoms with E-state index in [0.29, 0.717) is 0 Å². The second kappa shape index (κ2) is 7.27. The van der Waals surface area contributed by atoms with Gasteiger partial charge < -0.3 is 10.2 Å². The lowest BCUT2D eigenvalue weighted by Gasteiger charge is -2.14. The fraction of sp³-hybridized carbons (Fsp3) is 0.600. The van der Waals surface area contributed by atoms with Gasteiger partial charge in [-0.25, -0.2) is 0 Å². The van der Waals surface area contributed by atoms with Crippen molar-refractivity contribution in [2.24, 2.45) is 0 Å². The van der Waals surface area contributed by atoms with Gasteiger partial charge in [0.2, 0.25) is 0 Å². The first-order valence-corrected chi connectivity index (χ1v) is 7.73. The van der Waals surface area contributed by atoms with Crippen LogP contribution >= 0.6 is 15.9 Å². The second-order valence-electron chi connectivity index (χ2n) is 5.15. The molecule has 0 saturated carbocycles. The molecule has 18 heavy (non-hydrogen) atoms. The van der Waals surface area contributed by atoms with E-state index in [0.717, 1.165) is 13.1 Å². The minimum atomic E-state index is 0.977. The van der Waals surface area contributed by atoms with Crippen LogP contribution < -0.4 is 5.32 Å². The summed E-state index contributed by atoms with van der Waals surface area (Å²) in [7, 11) is 0. The zero-order valence-corrected chi connectivity index (χ0v) is 12.8. The third-order valence-electron chi connectivity index (χ3n) is 3.65. The van der Waals surface area contributed by atoms with Gasteiger partial charge in [0.1, 0.15) is 0 Å². The normalized spacial score (nSPS) is 16.3. The molecule has 1 aromatic carbocycles. The molecule has 1 aliphatic rings. The van der Waals surface area contributed by atoms with E-state index in [-0.39, 0.29) is 0 Å². The molecule has 1 aromatic rings. The second-order valence-corrected chi connectivity index (χ2v) is 6.07. The molecule has 1 heterocycles. The molecule has 2 rings (SSSR count). The number of benzene rings is 1. The van der Waals surface area contributed by atoms with Gasteiger partial charge in [-0.05, 0) is 75.6 Å². The highest BCUT2D eigenvalue weighted by atomic mass is 79.9. The quantitative estimate of drug-likeness (QED) is 0.811. The van der Waals surface area contributed by atoms with Crippen LogP contribution in [-0.2, 0) is 6.54 Å². The van der Waals surface area contributed by atoms with Crippen molar-refractivity contribution in [2.45, 2.75) is 32.7 Å². The molecule has 0 aromatic heterocycles. The number of hydrogen-bond acceptors (Lipinski definition) is 2. The first kappa shape index (κ1) is 14.0. The molecule has 0 spiro atoms. The molecule has 100 valence electrons. The zero-order valence-electron chi connectivity index (χ0n) is 11.2. The average molecular weight is 311 g/mol. The lowest BCUT2D eigenvalue weighted by molar-refractivity contribution is 0.331. The van der Waals surface area contributed by atoms with Crippen molar-refractivity contribution >= 4 is 15.9 Å². The summed E-state index contributed by atoms with van der Waals surface area (Å²) in [4.78, 5) is 2.58. The van der Waals surface area contributed by atoms with Gasteiger partial charge in [-0.3, -0.25) is 0 Å². The molecule has 0 unspecified atom stereocenters. The Bertz CT molecular complexity index is 373. The monoisotopic (exact) mass is 310 g/mol. The van der Waals surface area contributed by atoms with E-state index in [1.54, 1.807) is 0 Å². The van der Waals surface area contributed by atoms with Crippen LogP contribution in [-0.4, -0.2) is 31.1 Å². The summed E-state index contributed by atoms with van der Waals surface area (Å²) in [5.41, 5.74) is 2.76. The van der Waals surface area contributed by atoms with Crippen LogP contribution in [0.25, 0.3) is 0 Å². The average Bonchev–Trinajstić information content (AvgIpc) is 2.86. The van der Waals surface area contributed by atoms with Gasteiger partial charge in [0.25, 0.3) is 0 Å². The van der Waals surface area contributed by atoms with Crippen LogP contribution in [0.1, 0.15) is 30.4 Å². The van der Waals surface area contributed by atoms with E-state index >= 15 is 0 Å². The van der Waals surface area contributed by atoms with Crippen LogP contribution in [0.4, 0.5) is 0 Å². The van der Waals surface area contributed by atoms with Crippen LogP contribution in [0, 0.1) is 6.92 Å². The van der Waals surface area contributed by atoms with E-state index in [4.69, 9.17) is 0 Å². The lowest BCUT2D eigenvalue weighted by Crippen LogP contribution is -2.24. The molecule has 3 heteroatoms. The summed E-state index contributed by atoms with van der Waals surface area (Å²) in [6.07, 6.45) is 4.04. The van der Waals surface area contributed by atoms with Gasteiger partial charge >= 0.3 is 0 Å². The Kier molecular flexibility index (Phi) is 5.67. The Morgan fingerprint density at radius 3 is 2.83 bits per heavy atom. The summed E-state index contributed by atoms with van der Waals surface area (Å²) >= 11 is 3.53. The largest absolute Gasteiger partial charge is 0.313 e. The van der Waals surface area contributed by atoms with Crippen LogP contribution in [0.2, 0.25) is 0 Å². The van der Waals surface area contributed by atoms with E-state index in [1.807, 2.05) is 0 Å². The summed E-state index contributed by atoms with van der Waals surface area (Å²) in [6, 6.07) is 6.49. The van der Waals surface area contributed by atoms with Gasteiger partial charge in [-0.2, -0.15) is 0 Å². The van der Waals surface area contributed by atoms with E-state index in [9.17, 15) is 0 Å². The van der Waals surface area contributed by atoms with Crippen molar-refractivity contribution in [3.8, 4) is 0 Å². The maximum atomic E-state index is 3.55. The molecular weight excluding hydrogens is 288 g/mol. The first-order chi connectivity index (χ1) is 8.75. The van der Waals surface area contributed by atoms with Crippen molar-refractivity contribution in [1.29, 1.82) is 0 Å². The lowest BCUT2D eigenvalue weighted by atomic mass is 10.1. The van der Waals surface area contributed by atoms with E-state index in [2.05, 4.69) is 51.3 Å². The van der Waals surface area contributed by atoms with E-state index in [1.165, 1.54) is 54.5 Å².